The monoisotopic (exact) mass is 408 g/mol. The molecule has 2 aliphatic heterocycles. The van der Waals surface area contributed by atoms with Crippen LogP contribution in [0.25, 0.3) is 46.4 Å². The summed E-state index contributed by atoms with van der Waals surface area (Å²) in [6.07, 6.45) is 8.12. The van der Waals surface area contributed by atoms with Crippen molar-refractivity contribution in [2.24, 2.45) is 0 Å². The van der Waals surface area contributed by atoms with Crippen molar-refractivity contribution >= 4 is 70.4 Å². The third-order valence-electron chi connectivity index (χ3n) is 4.65. The van der Waals surface area contributed by atoms with Crippen LogP contribution in [0.5, 0.6) is 0 Å². The van der Waals surface area contributed by atoms with Crippen molar-refractivity contribution in [3.8, 4) is 0 Å². The van der Waals surface area contributed by atoms with E-state index < -0.39 is 0 Å². The molecule has 0 amide bonds. The van der Waals surface area contributed by atoms with Crippen molar-refractivity contribution in [1.29, 1.82) is 0 Å². The second kappa shape index (κ2) is 7.66. The van der Waals surface area contributed by atoms with E-state index in [-0.39, 0.29) is 12.4 Å². The predicted octanol–water partition coefficient (Wildman–Crippen LogP) is 5.79. The highest BCUT2D eigenvalue weighted by molar-refractivity contribution is 6.17. The fourth-order valence-electron chi connectivity index (χ4n) is 3.42. The first-order chi connectivity index (χ1) is 13.3. The van der Waals surface area contributed by atoms with E-state index in [0.717, 1.165) is 51.4 Å². The normalized spacial score (nSPS) is 12.2. The van der Waals surface area contributed by atoms with Crippen LogP contribution in [0.15, 0.2) is 48.5 Å². The number of aryl methyl sites for hydroxylation is 1. The smallest absolute Gasteiger partial charge is 0.0658 e. The summed E-state index contributed by atoms with van der Waals surface area (Å²) in [6.45, 7) is 0.731. The van der Waals surface area contributed by atoms with Crippen LogP contribution in [0.4, 0.5) is 0 Å². The summed E-state index contributed by atoms with van der Waals surface area (Å²) in [5, 5.41) is 0. The molecule has 0 aromatic carbocycles. The van der Waals surface area contributed by atoms with Crippen LogP contribution in [0.2, 0.25) is 0 Å². The predicted molar refractivity (Wildman–Crippen MR) is 120 cm³/mol. The van der Waals surface area contributed by atoms with Gasteiger partial charge in [-0.25, -0.2) is 9.97 Å². The Balaban J connectivity index is 0.00000192. The summed E-state index contributed by atoms with van der Waals surface area (Å²) in [5.74, 6) is 0.547. The van der Waals surface area contributed by atoms with Gasteiger partial charge in [0.1, 0.15) is 0 Å². The Bertz CT molecular complexity index is 1160. The van der Waals surface area contributed by atoms with Gasteiger partial charge in [0.05, 0.1) is 22.8 Å². The summed E-state index contributed by atoms with van der Waals surface area (Å²) in [7, 11) is 0. The zero-order valence-electron chi connectivity index (χ0n) is 15.0. The van der Waals surface area contributed by atoms with Crippen molar-refractivity contribution in [2.75, 3.05) is 5.88 Å². The highest BCUT2D eigenvalue weighted by atomic mass is 35.5. The van der Waals surface area contributed by atoms with Crippen LogP contribution in [0.1, 0.15) is 22.8 Å². The van der Waals surface area contributed by atoms with Crippen LogP contribution in [-0.2, 0) is 6.54 Å². The maximum Gasteiger partial charge on any atom is 0.0658 e. The molecule has 0 unspecified atom stereocenters. The number of aromatic nitrogens is 4. The second-order valence-electron chi connectivity index (χ2n) is 6.56. The number of nitrogens with zero attached hydrogens (tertiary/aromatic N) is 3. The minimum Gasteiger partial charge on any atom is -0.355 e. The topological polar surface area (TPSA) is 46.5 Å². The average molecular weight is 409 g/mol. The van der Waals surface area contributed by atoms with Crippen molar-refractivity contribution in [1.82, 2.24) is 19.5 Å². The fraction of sp³-hybridized carbons (Fsp3) is 0.0909. The lowest BCUT2D eigenvalue weighted by molar-refractivity contribution is 0.831. The molecule has 5 rings (SSSR count). The molecule has 140 valence electrons. The molecule has 28 heavy (non-hydrogen) atoms. The lowest BCUT2D eigenvalue weighted by Crippen LogP contribution is -1.98. The molecule has 2 aliphatic rings. The van der Waals surface area contributed by atoms with Gasteiger partial charge in [-0.05, 0) is 72.8 Å². The van der Waals surface area contributed by atoms with E-state index in [1.54, 1.807) is 0 Å². The van der Waals surface area contributed by atoms with Crippen molar-refractivity contribution in [2.45, 2.75) is 6.54 Å². The first kappa shape index (κ1) is 18.5. The number of halogens is 2. The van der Waals surface area contributed by atoms with Gasteiger partial charge in [0.15, 0.2) is 0 Å². The maximum atomic E-state index is 6.05. The van der Waals surface area contributed by atoms with Gasteiger partial charge >= 0.3 is 0 Å². The molecular formula is C22H18Cl2N4. The Morgan fingerprint density at radius 1 is 0.714 bits per heavy atom. The van der Waals surface area contributed by atoms with Gasteiger partial charge in [-0.1, -0.05) is 0 Å². The molecule has 0 radical (unpaired) electrons. The zero-order chi connectivity index (χ0) is 18.2. The molecule has 4 nitrogen and oxygen atoms in total. The molecule has 8 bridgehead atoms. The Hall–Kier alpha value is -2.82. The van der Waals surface area contributed by atoms with E-state index in [1.807, 2.05) is 36.4 Å². The number of nitrogens with one attached hydrogen (secondary N) is 1. The molecule has 0 aliphatic carbocycles. The first-order valence-corrected chi connectivity index (χ1v) is 9.41. The van der Waals surface area contributed by atoms with E-state index in [4.69, 9.17) is 21.6 Å². The Morgan fingerprint density at radius 2 is 1.18 bits per heavy atom. The molecule has 5 heterocycles. The summed E-state index contributed by atoms with van der Waals surface area (Å²) >= 11 is 6.05. The molecule has 3 aromatic rings. The highest BCUT2D eigenvalue weighted by Gasteiger charge is 2.04. The van der Waals surface area contributed by atoms with Gasteiger partial charge in [0.25, 0.3) is 0 Å². The third kappa shape index (κ3) is 3.61. The van der Waals surface area contributed by atoms with Gasteiger partial charge in [-0.2, -0.15) is 0 Å². The Morgan fingerprint density at radius 3 is 1.64 bits per heavy atom. The molecule has 1 N–H and O–H groups in total. The van der Waals surface area contributed by atoms with Gasteiger partial charge in [0.2, 0.25) is 0 Å². The van der Waals surface area contributed by atoms with E-state index in [0.29, 0.717) is 5.88 Å². The van der Waals surface area contributed by atoms with Gasteiger partial charge < -0.3 is 9.55 Å². The quantitative estimate of drug-likeness (QED) is 0.375. The number of fused-ring (bicyclic) bond motifs is 8. The largest absolute Gasteiger partial charge is 0.355 e. The van der Waals surface area contributed by atoms with Gasteiger partial charge in [-0.3, -0.25) is 0 Å². The lowest BCUT2D eigenvalue weighted by Gasteiger charge is -2.03. The molecule has 0 saturated carbocycles. The molecule has 3 aromatic heterocycles. The number of aromatic amines is 1. The molecule has 0 fully saturated rings. The zero-order valence-corrected chi connectivity index (χ0v) is 16.5. The van der Waals surface area contributed by atoms with Crippen LogP contribution in [0.3, 0.4) is 0 Å². The van der Waals surface area contributed by atoms with Crippen LogP contribution >= 0.6 is 24.0 Å². The standard InChI is InChI=1S/C22H17ClN4.ClH/c23-9-10-27-21-7-8-22(27)14-20-6-4-18(26-20)12-16-2-1-15(24-16)11-17-3-5-19(13-21)25-17;/h1-8,11-14,24H,9-10H2;1H. The molecule has 0 saturated heterocycles. The molecule has 6 heteroatoms. The van der Waals surface area contributed by atoms with E-state index >= 15 is 0 Å². The molecule has 0 spiro atoms. The van der Waals surface area contributed by atoms with Crippen LogP contribution < -0.4 is 0 Å². The number of alkyl halides is 1. The summed E-state index contributed by atoms with van der Waals surface area (Å²) in [5.41, 5.74) is 7.92. The van der Waals surface area contributed by atoms with E-state index in [2.05, 4.69) is 45.9 Å². The fourth-order valence-corrected chi connectivity index (χ4v) is 3.59. The van der Waals surface area contributed by atoms with Crippen molar-refractivity contribution in [3.05, 3.63) is 71.3 Å². The number of hydrogen-bond donors (Lipinski definition) is 1. The lowest BCUT2D eigenvalue weighted by atomic mass is 10.3. The van der Waals surface area contributed by atoms with Gasteiger partial charge in [-0.15, -0.1) is 24.0 Å². The number of rotatable bonds is 2. The minimum absolute atomic E-state index is 0. The minimum atomic E-state index is 0. The van der Waals surface area contributed by atoms with Crippen molar-refractivity contribution < 1.29 is 0 Å². The van der Waals surface area contributed by atoms with E-state index in [1.165, 1.54) is 0 Å². The first-order valence-electron chi connectivity index (χ1n) is 8.88. The highest BCUT2D eigenvalue weighted by Crippen LogP contribution is 2.19. The van der Waals surface area contributed by atoms with E-state index in [9.17, 15) is 0 Å². The molecular weight excluding hydrogens is 391 g/mol. The van der Waals surface area contributed by atoms with Crippen LogP contribution in [-0.4, -0.2) is 25.4 Å². The Labute approximate surface area is 173 Å². The number of H-pyrrole nitrogens is 1. The summed E-state index contributed by atoms with van der Waals surface area (Å²) in [6, 6.07) is 16.6. The number of hydrogen-bond acceptors (Lipinski definition) is 2. The Kier molecular flexibility index (Phi) is 5.07. The second-order valence-corrected chi connectivity index (χ2v) is 6.94. The van der Waals surface area contributed by atoms with Gasteiger partial charge in [0, 0.05) is 34.5 Å². The van der Waals surface area contributed by atoms with Crippen molar-refractivity contribution in [3.63, 3.8) is 0 Å². The molecule has 0 atom stereocenters. The third-order valence-corrected chi connectivity index (χ3v) is 4.82. The van der Waals surface area contributed by atoms with Crippen LogP contribution in [0, 0.1) is 0 Å². The maximum absolute atomic E-state index is 6.05. The SMILES string of the molecule is Cl.ClCCn1c2ccc1cc1nc(cc3ccc(cc4nc(c2)C=C4)[nH]3)C=C1. The summed E-state index contributed by atoms with van der Waals surface area (Å²) < 4.78 is 2.20. The summed E-state index contributed by atoms with van der Waals surface area (Å²) in [4.78, 5) is 12.8. The average Bonchev–Trinajstić information content (AvgIpc) is 3.42.